The SMILES string of the molecule is CC(O)C1=Cc2cc(nnn2)C=C1. The normalized spacial score (nSPS) is 16.3. The molecule has 66 valence electrons. The second kappa shape index (κ2) is 3.06. The van der Waals surface area contributed by atoms with E-state index in [1.54, 1.807) is 13.0 Å². The highest BCUT2D eigenvalue weighted by molar-refractivity contribution is 5.64. The van der Waals surface area contributed by atoms with Gasteiger partial charge in [0.15, 0.2) is 0 Å². The van der Waals surface area contributed by atoms with Crippen molar-refractivity contribution in [1.82, 2.24) is 15.4 Å². The van der Waals surface area contributed by atoms with Crippen LogP contribution >= 0.6 is 0 Å². The van der Waals surface area contributed by atoms with Crippen molar-refractivity contribution in [3.8, 4) is 0 Å². The van der Waals surface area contributed by atoms with Crippen LogP contribution in [0, 0.1) is 0 Å². The van der Waals surface area contributed by atoms with Crippen molar-refractivity contribution < 1.29 is 5.11 Å². The molecule has 1 aromatic heterocycles. The third-order valence-electron chi connectivity index (χ3n) is 1.86. The van der Waals surface area contributed by atoms with E-state index in [4.69, 9.17) is 0 Å². The van der Waals surface area contributed by atoms with E-state index in [1.807, 2.05) is 18.2 Å². The molecule has 2 bridgehead atoms. The first-order valence-corrected chi connectivity index (χ1v) is 4.04. The number of hydrogen-bond acceptors (Lipinski definition) is 4. The summed E-state index contributed by atoms with van der Waals surface area (Å²) < 4.78 is 0. The third-order valence-corrected chi connectivity index (χ3v) is 1.86. The molecular weight excluding hydrogens is 166 g/mol. The molecule has 1 aliphatic rings. The fraction of sp³-hybridized carbons (Fsp3) is 0.222. The van der Waals surface area contributed by atoms with Crippen LogP contribution in [-0.4, -0.2) is 26.6 Å². The minimum absolute atomic E-state index is 0.493. The molecule has 0 aliphatic heterocycles. The minimum Gasteiger partial charge on any atom is -0.389 e. The molecule has 4 nitrogen and oxygen atoms in total. The Balaban J connectivity index is 2.48. The molecule has 1 heterocycles. The summed E-state index contributed by atoms with van der Waals surface area (Å²) >= 11 is 0. The van der Waals surface area contributed by atoms with Gasteiger partial charge in [0.1, 0.15) is 0 Å². The average Bonchev–Trinajstić information content (AvgIpc) is 2.25. The highest BCUT2D eigenvalue weighted by Crippen LogP contribution is 2.15. The van der Waals surface area contributed by atoms with Crippen molar-refractivity contribution in [3.63, 3.8) is 0 Å². The summed E-state index contributed by atoms with van der Waals surface area (Å²) in [5.74, 6) is 0. The third kappa shape index (κ3) is 1.62. The lowest BCUT2D eigenvalue weighted by Crippen LogP contribution is -2.01. The lowest BCUT2D eigenvalue weighted by Gasteiger charge is -2.02. The quantitative estimate of drug-likeness (QED) is 0.681. The monoisotopic (exact) mass is 175 g/mol. The van der Waals surface area contributed by atoms with E-state index in [-0.39, 0.29) is 0 Å². The number of fused-ring (bicyclic) bond motifs is 2. The molecular formula is C9H9N3O. The molecule has 13 heavy (non-hydrogen) atoms. The molecule has 2 rings (SSSR count). The van der Waals surface area contributed by atoms with Gasteiger partial charge in [-0.3, -0.25) is 0 Å². The number of aliphatic hydroxyl groups excluding tert-OH is 1. The van der Waals surface area contributed by atoms with Crippen molar-refractivity contribution in [2.45, 2.75) is 13.0 Å². The van der Waals surface area contributed by atoms with Gasteiger partial charge in [-0.1, -0.05) is 6.08 Å². The Hall–Kier alpha value is -1.55. The molecule has 0 fully saturated rings. The molecule has 1 N–H and O–H groups in total. The number of aromatic nitrogens is 3. The largest absolute Gasteiger partial charge is 0.389 e. The standard InChI is InChI=1S/C9H9N3O/c1-6(13)7-2-3-8-5-9(4-7)11-12-10-8/h2-6,13H,1H3. The highest BCUT2D eigenvalue weighted by atomic mass is 16.3. The zero-order chi connectivity index (χ0) is 9.26. The first-order chi connectivity index (χ1) is 6.25. The fourth-order valence-electron chi connectivity index (χ4n) is 1.15. The second-order valence-electron chi connectivity index (χ2n) is 2.94. The Morgan fingerprint density at radius 1 is 1.23 bits per heavy atom. The maximum atomic E-state index is 9.36. The van der Waals surface area contributed by atoms with E-state index in [0.717, 1.165) is 17.0 Å². The van der Waals surface area contributed by atoms with Gasteiger partial charge in [0.05, 0.1) is 17.5 Å². The summed E-state index contributed by atoms with van der Waals surface area (Å²) in [6.45, 7) is 1.71. The first kappa shape index (κ1) is 8.07. The van der Waals surface area contributed by atoms with Crippen LogP contribution in [0.15, 0.2) is 17.7 Å². The van der Waals surface area contributed by atoms with E-state index in [2.05, 4.69) is 15.4 Å². The van der Waals surface area contributed by atoms with Gasteiger partial charge < -0.3 is 5.11 Å². The van der Waals surface area contributed by atoms with Gasteiger partial charge in [0, 0.05) is 0 Å². The summed E-state index contributed by atoms with van der Waals surface area (Å²) in [7, 11) is 0. The Morgan fingerprint density at radius 2 is 2.00 bits per heavy atom. The zero-order valence-corrected chi connectivity index (χ0v) is 7.18. The van der Waals surface area contributed by atoms with E-state index in [1.165, 1.54) is 0 Å². The predicted octanol–water partition coefficient (Wildman–Crippen LogP) is 0.663. The molecule has 1 unspecified atom stereocenters. The van der Waals surface area contributed by atoms with Crippen LogP contribution in [0.1, 0.15) is 18.3 Å². The maximum Gasteiger partial charge on any atom is 0.0900 e. The van der Waals surface area contributed by atoms with Gasteiger partial charge in [-0.15, -0.1) is 10.2 Å². The average molecular weight is 175 g/mol. The Morgan fingerprint density at radius 3 is 2.77 bits per heavy atom. The Labute approximate surface area is 75.6 Å². The number of nitrogens with zero attached hydrogens (tertiary/aromatic N) is 3. The lowest BCUT2D eigenvalue weighted by atomic mass is 10.1. The summed E-state index contributed by atoms with van der Waals surface area (Å²) in [6, 6.07) is 1.82. The Kier molecular flexibility index (Phi) is 1.90. The first-order valence-electron chi connectivity index (χ1n) is 4.04. The van der Waals surface area contributed by atoms with Crippen molar-refractivity contribution in [2.75, 3.05) is 0 Å². The van der Waals surface area contributed by atoms with Crippen molar-refractivity contribution >= 4 is 12.2 Å². The lowest BCUT2D eigenvalue weighted by molar-refractivity contribution is 0.236. The maximum absolute atomic E-state index is 9.36. The van der Waals surface area contributed by atoms with Gasteiger partial charge in [-0.05, 0) is 35.9 Å². The highest BCUT2D eigenvalue weighted by Gasteiger charge is 2.06. The van der Waals surface area contributed by atoms with Gasteiger partial charge in [-0.2, -0.15) is 0 Å². The molecule has 0 amide bonds. The number of hydrogen-bond donors (Lipinski definition) is 1. The molecule has 4 heteroatoms. The van der Waals surface area contributed by atoms with E-state index >= 15 is 0 Å². The van der Waals surface area contributed by atoms with Gasteiger partial charge >= 0.3 is 0 Å². The Bertz CT molecular complexity index is 382. The topological polar surface area (TPSA) is 58.9 Å². The fourth-order valence-corrected chi connectivity index (χ4v) is 1.15. The van der Waals surface area contributed by atoms with E-state index in [0.29, 0.717) is 0 Å². The zero-order valence-electron chi connectivity index (χ0n) is 7.18. The molecule has 0 spiro atoms. The molecule has 0 saturated heterocycles. The molecule has 1 atom stereocenters. The number of rotatable bonds is 1. The molecule has 1 aliphatic carbocycles. The van der Waals surface area contributed by atoms with Crippen LogP contribution in [0.4, 0.5) is 0 Å². The van der Waals surface area contributed by atoms with Crippen molar-refractivity contribution in [2.24, 2.45) is 0 Å². The molecule has 0 saturated carbocycles. The van der Waals surface area contributed by atoms with Gasteiger partial charge in [0.25, 0.3) is 0 Å². The van der Waals surface area contributed by atoms with E-state index < -0.39 is 6.10 Å². The van der Waals surface area contributed by atoms with Crippen LogP contribution in [0.3, 0.4) is 0 Å². The summed E-state index contributed by atoms with van der Waals surface area (Å²) in [6.07, 6.45) is 4.94. The van der Waals surface area contributed by atoms with Crippen molar-refractivity contribution in [1.29, 1.82) is 0 Å². The molecule has 0 radical (unpaired) electrons. The van der Waals surface area contributed by atoms with Crippen LogP contribution in [0.5, 0.6) is 0 Å². The summed E-state index contributed by atoms with van der Waals surface area (Å²) in [4.78, 5) is 0. The molecule has 0 aromatic carbocycles. The van der Waals surface area contributed by atoms with E-state index in [9.17, 15) is 5.11 Å². The minimum atomic E-state index is -0.493. The van der Waals surface area contributed by atoms with Gasteiger partial charge in [0.2, 0.25) is 0 Å². The van der Waals surface area contributed by atoms with Crippen LogP contribution in [-0.2, 0) is 0 Å². The van der Waals surface area contributed by atoms with Crippen molar-refractivity contribution in [3.05, 3.63) is 29.1 Å². The van der Waals surface area contributed by atoms with Crippen LogP contribution < -0.4 is 0 Å². The van der Waals surface area contributed by atoms with Crippen LogP contribution in [0.25, 0.3) is 12.2 Å². The summed E-state index contributed by atoms with van der Waals surface area (Å²) in [5.41, 5.74) is 2.31. The van der Waals surface area contributed by atoms with Crippen LogP contribution in [0.2, 0.25) is 0 Å². The second-order valence-corrected chi connectivity index (χ2v) is 2.94. The smallest absolute Gasteiger partial charge is 0.0900 e. The molecule has 1 aromatic rings. The van der Waals surface area contributed by atoms with Gasteiger partial charge in [-0.25, -0.2) is 0 Å². The predicted molar refractivity (Wildman–Crippen MR) is 48.5 cm³/mol. The number of aliphatic hydroxyl groups is 1. The summed E-state index contributed by atoms with van der Waals surface area (Å²) in [5, 5.41) is 20.6.